The third-order valence-electron chi connectivity index (χ3n) is 2.01. The standard InChI is InChI=1S/C11H12N2O2S/c1-3-16-11-13-12-10(15-11)8-6-4-5-7-9(8)14-2/h4-7H,3H2,1-2H3. The molecule has 0 N–H and O–H groups in total. The molecule has 0 aliphatic carbocycles. The molecule has 0 aliphatic heterocycles. The van der Waals surface area contributed by atoms with Gasteiger partial charge in [0.25, 0.3) is 11.1 Å². The molecule has 84 valence electrons. The van der Waals surface area contributed by atoms with Crippen LogP contribution in [0.1, 0.15) is 6.92 Å². The lowest BCUT2D eigenvalue weighted by atomic mass is 10.2. The Labute approximate surface area is 98.0 Å². The lowest BCUT2D eigenvalue weighted by Gasteiger charge is -2.02. The summed E-state index contributed by atoms with van der Waals surface area (Å²) in [6.45, 7) is 2.04. The summed E-state index contributed by atoms with van der Waals surface area (Å²) in [5.41, 5.74) is 0.820. The second-order valence-electron chi connectivity index (χ2n) is 3.01. The van der Waals surface area contributed by atoms with E-state index < -0.39 is 0 Å². The minimum atomic E-state index is 0.494. The average Bonchev–Trinajstić information content (AvgIpc) is 2.78. The summed E-state index contributed by atoms with van der Waals surface area (Å²) < 4.78 is 10.7. The number of aromatic nitrogens is 2. The zero-order valence-corrected chi connectivity index (χ0v) is 9.95. The van der Waals surface area contributed by atoms with E-state index in [-0.39, 0.29) is 0 Å². The van der Waals surface area contributed by atoms with Crippen LogP contribution in [0.2, 0.25) is 0 Å². The fourth-order valence-electron chi connectivity index (χ4n) is 1.32. The van der Waals surface area contributed by atoms with E-state index in [9.17, 15) is 0 Å². The molecule has 0 amide bonds. The molecular formula is C11H12N2O2S. The fraction of sp³-hybridized carbons (Fsp3) is 0.273. The van der Waals surface area contributed by atoms with E-state index in [4.69, 9.17) is 9.15 Å². The van der Waals surface area contributed by atoms with Gasteiger partial charge in [-0.2, -0.15) is 0 Å². The monoisotopic (exact) mass is 236 g/mol. The highest BCUT2D eigenvalue weighted by molar-refractivity contribution is 7.99. The molecule has 1 aromatic heterocycles. The highest BCUT2D eigenvalue weighted by atomic mass is 32.2. The first-order valence-corrected chi connectivity index (χ1v) is 5.93. The Morgan fingerprint density at radius 2 is 2.12 bits per heavy atom. The first-order chi connectivity index (χ1) is 7.85. The van der Waals surface area contributed by atoms with Crippen molar-refractivity contribution in [2.24, 2.45) is 0 Å². The molecule has 5 heteroatoms. The van der Waals surface area contributed by atoms with Crippen molar-refractivity contribution >= 4 is 11.8 Å². The van der Waals surface area contributed by atoms with Crippen molar-refractivity contribution in [2.45, 2.75) is 12.1 Å². The van der Waals surface area contributed by atoms with Crippen molar-refractivity contribution < 1.29 is 9.15 Å². The molecule has 0 atom stereocenters. The van der Waals surface area contributed by atoms with Gasteiger partial charge in [-0.1, -0.05) is 30.8 Å². The molecule has 0 fully saturated rings. The SMILES string of the molecule is CCSc1nnc(-c2ccccc2OC)o1. The minimum Gasteiger partial charge on any atom is -0.496 e. The lowest BCUT2D eigenvalue weighted by Crippen LogP contribution is -1.87. The quantitative estimate of drug-likeness (QED) is 0.764. The van der Waals surface area contributed by atoms with Gasteiger partial charge in [0.05, 0.1) is 12.7 Å². The van der Waals surface area contributed by atoms with Crippen LogP contribution in [0.15, 0.2) is 33.9 Å². The van der Waals surface area contributed by atoms with Gasteiger partial charge in [0.1, 0.15) is 5.75 Å². The van der Waals surface area contributed by atoms with Gasteiger partial charge in [-0.15, -0.1) is 10.2 Å². The van der Waals surface area contributed by atoms with Gasteiger partial charge in [-0.05, 0) is 17.9 Å². The summed E-state index contributed by atoms with van der Waals surface area (Å²) in [5.74, 6) is 2.14. The molecular weight excluding hydrogens is 224 g/mol. The summed E-state index contributed by atoms with van der Waals surface area (Å²) in [4.78, 5) is 0. The van der Waals surface area contributed by atoms with Gasteiger partial charge in [0.2, 0.25) is 0 Å². The predicted octanol–water partition coefficient (Wildman–Crippen LogP) is 2.86. The average molecular weight is 236 g/mol. The van der Waals surface area contributed by atoms with Crippen molar-refractivity contribution in [1.82, 2.24) is 10.2 Å². The van der Waals surface area contributed by atoms with E-state index in [1.807, 2.05) is 31.2 Å². The van der Waals surface area contributed by atoms with Crippen LogP contribution in [-0.4, -0.2) is 23.1 Å². The molecule has 16 heavy (non-hydrogen) atoms. The number of rotatable bonds is 4. The van der Waals surface area contributed by atoms with Crippen LogP contribution >= 0.6 is 11.8 Å². The highest BCUT2D eigenvalue weighted by Crippen LogP contribution is 2.30. The van der Waals surface area contributed by atoms with Crippen LogP contribution < -0.4 is 4.74 Å². The van der Waals surface area contributed by atoms with Gasteiger partial charge >= 0.3 is 0 Å². The third-order valence-corrected chi connectivity index (χ3v) is 2.71. The van der Waals surface area contributed by atoms with Crippen molar-refractivity contribution in [3.05, 3.63) is 24.3 Å². The first-order valence-electron chi connectivity index (χ1n) is 4.95. The number of thioether (sulfide) groups is 1. The van der Waals surface area contributed by atoms with E-state index in [1.165, 1.54) is 11.8 Å². The topological polar surface area (TPSA) is 48.2 Å². The maximum atomic E-state index is 5.51. The summed E-state index contributed by atoms with van der Waals surface area (Å²) in [5, 5.41) is 8.53. The van der Waals surface area contributed by atoms with E-state index in [0.29, 0.717) is 11.1 Å². The normalized spacial score (nSPS) is 10.4. The Bertz CT molecular complexity index is 471. The molecule has 0 saturated carbocycles. The van der Waals surface area contributed by atoms with Crippen molar-refractivity contribution in [3.63, 3.8) is 0 Å². The maximum absolute atomic E-state index is 5.51. The smallest absolute Gasteiger partial charge is 0.276 e. The first kappa shape index (κ1) is 11.0. The Kier molecular flexibility index (Phi) is 3.46. The Morgan fingerprint density at radius 3 is 2.88 bits per heavy atom. The Balaban J connectivity index is 2.34. The van der Waals surface area contributed by atoms with E-state index in [1.54, 1.807) is 7.11 Å². The molecule has 0 saturated heterocycles. The van der Waals surface area contributed by atoms with E-state index in [0.717, 1.165) is 17.1 Å². The largest absolute Gasteiger partial charge is 0.496 e. The van der Waals surface area contributed by atoms with E-state index >= 15 is 0 Å². The Morgan fingerprint density at radius 1 is 1.31 bits per heavy atom. The second kappa shape index (κ2) is 5.03. The molecule has 2 rings (SSSR count). The number of hydrogen-bond acceptors (Lipinski definition) is 5. The molecule has 0 bridgehead atoms. The van der Waals surface area contributed by atoms with Gasteiger partial charge in [-0.25, -0.2) is 0 Å². The number of methoxy groups -OCH3 is 1. The molecule has 0 unspecified atom stereocenters. The molecule has 0 spiro atoms. The van der Waals surface area contributed by atoms with Crippen LogP contribution in [0, 0.1) is 0 Å². The van der Waals surface area contributed by atoms with Crippen LogP contribution in [0.5, 0.6) is 5.75 Å². The summed E-state index contributed by atoms with van der Waals surface area (Å²) in [6, 6.07) is 7.58. The van der Waals surface area contributed by atoms with Gasteiger partial charge in [0, 0.05) is 0 Å². The lowest BCUT2D eigenvalue weighted by molar-refractivity contribution is 0.411. The van der Waals surface area contributed by atoms with Crippen LogP contribution in [0.4, 0.5) is 0 Å². The van der Waals surface area contributed by atoms with Crippen LogP contribution in [-0.2, 0) is 0 Å². The van der Waals surface area contributed by atoms with Gasteiger partial charge in [-0.3, -0.25) is 0 Å². The second-order valence-corrected chi connectivity index (χ2v) is 4.22. The molecule has 1 aromatic carbocycles. The van der Waals surface area contributed by atoms with Crippen molar-refractivity contribution in [3.8, 4) is 17.2 Å². The molecule has 1 heterocycles. The number of para-hydroxylation sites is 1. The summed E-state index contributed by atoms with van der Waals surface area (Å²) in [7, 11) is 1.62. The van der Waals surface area contributed by atoms with Crippen molar-refractivity contribution in [1.29, 1.82) is 0 Å². The van der Waals surface area contributed by atoms with Gasteiger partial charge < -0.3 is 9.15 Å². The fourth-order valence-corrected chi connectivity index (χ4v) is 1.81. The maximum Gasteiger partial charge on any atom is 0.276 e. The summed E-state index contributed by atoms with van der Waals surface area (Å²) in [6.07, 6.45) is 0. The number of hydrogen-bond donors (Lipinski definition) is 0. The van der Waals surface area contributed by atoms with E-state index in [2.05, 4.69) is 10.2 Å². The number of ether oxygens (including phenoxy) is 1. The minimum absolute atomic E-state index is 0.494. The number of benzene rings is 1. The molecule has 4 nitrogen and oxygen atoms in total. The zero-order chi connectivity index (χ0) is 11.4. The predicted molar refractivity (Wildman–Crippen MR) is 62.7 cm³/mol. The van der Waals surface area contributed by atoms with Crippen LogP contribution in [0.25, 0.3) is 11.5 Å². The third kappa shape index (κ3) is 2.19. The zero-order valence-electron chi connectivity index (χ0n) is 9.14. The van der Waals surface area contributed by atoms with Gasteiger partial charge in [0.15, 0.2) is 0 Å². The van der Waals surface area contributed by atoms with Crippen molar-refractivity contribution in [2.75, 3.05) is 12.9 Å². The summed E-state index contributed by atoms with van der Waals surface area (Å²) >= 11 is 1.52. The Hall–Kier alpha value is -1.49. The highest BCUT2D eigenvalue weighted by Gasteiger charge is 2.12. The molecule has 0 aliphatic rings. The molecule has 0 radical (unpaired) electrons. The number of nitrogens with zero attached hydrogens (tertiary/aromatic N) is 2. The van der Waals surface area contributed by atoms with Crippen LogP contribution in [0.3, 0.4) is 0 Å². The molecule has 2 aromatic rings.